The number of hydrogen-bond donors (Lipinski definition) is 0. The minimum Gasteiger partial charge on any atom is -0.497 e. The second-order valence-electron chi connectivity index (χ2n) is 8.34. The number of aromatic nitrogens is 2. The van der Waals surface area contributed by atoms with Crippen LogP contribution >= 0.6 is 0 Å². The highest BCUT2D eigenvalue weighted by atomic mass is 19.1. The van der Waals surface area contributed by atoms with E-state index in [9.17, 15) is 9.18 Å². The molecule has 0 aliphatic carbocycles. The predicted molar refractivity (Wildman–Crippen MR) is 122 cm³/mol. The molecule has 1 heterocycles. The van der Waals surface area contributed by atoms with Crippen LogP contribution in [0.4, 0.5) is 4.39 Å². The van der Waals surface area contributed by atoms with E-state index >= 15 is 0 Å². The number of nitrogens with zero attached hydrogens (tertiary/aromatic N) is 3. The Morgan fingerprint density at radius 3 is 2.74 bits per heavy atom. The molecule has 1 aromatic heterocycles. The molecule has 31 heavy (non-hydrogen) atoms. The maximum Gasteiger partial charge on any atom is 0.227 e. The molecule has 0 fully saturated rings. The zero-order chi connectivity index (χ0) is 22.4. The van der Waals surface area contributed by atoms with Gasteiger partial charge in [-0.05, 0) is 48.6 Å². The van der Waals surface area contributed by atoms with Crippen LogP contribution in [0.3, 0.4) is 0 Å². The van der Waals surface area contributed by atoms with Gasteiger partial charge in [-0.2, -0.15) is 0 Å². The molecule has 0 spiro atoms. The number of amides is 1. The molecular formula is C25H32FN3O2. The number of imidazole rings is 1. The molecule has 0 aliphatic rings. The molecule has 0 unspecified atom stereocenters. The smallest absolute Gasteiger partial charge is 0.227 e. The molecule has 0 N–H and O–H groups in total. The molecule has 1 amide bonds. The first-order chi connectivity index (χ1) is 14.9. The van der Waals surface area contributed by atoms with E-state index in [1.54, 1.807) is 13.2 Å². The fraction of sp³-hybridized carbons (Fsp3) is 0.440. The summed E-state index contributed by atoms with van der Waals surface area (Å²) in [6.45, 7) is 8.25. The normalized spacial score (nSPS) is 11.3. The summed E-state index contributed by atoms with van der Waals surface area (Å²) in [5.41, 5.74) is 2.46. The van der Waals surface area contributed by atoms with Crippen molar-refractivity contribution in [2.45, 2.75) is 53.1 Å². The summed E-state index contributed by atoms with van der Waals surface area (Å²) in [6.07, 6.45) is 2.14. The average Bonchev–Trinajstić information content (AvgIpc) is 3.07. The first-order valence-electron chi connectivity index (χ1n) is 11.0. The van der Waals surface area contributed by atoms with Crippen LogP contribution in [0.15, 0.2) is 42.5 Å². The number of hydrogen-bond acceptors (Lipinski definition) is 3. The van der Waals surface area contributed by atoms with Gasteiger partial charge >= 0.3 is 0 Å². The Bertz CT molecular complexity index is 1030. The predicted octanol–water partition coefficient (Wildman–Crippen LogP) is 5.21. The van der Waals surface area contributed by atoms with Gasteiger partial charge in [0, 0.05) is 19.2 Å². The topological polar surface area (TPSA) is 47.4 Å². The maximum atomic E-state index is 13.7. The monoisotopic (exact) mass is 425 g/mol. The molecule has 2 aromatic carbocycles. The van der Waals surface area contributed by atoms with Crippen molar-refractivity contribution in [3.05, 3.63) is 59.7 Å². The lowest BCUT2D eigenvalue weighted by molar-refractivity contribution is -0.131. The number of fused-ring (bicyclic) bond motifs is 1. The Balaban J connectivity index is 1.88. The highest BCUT2D eigenvalue weighted by Gasteiger charge is 2.20. The van der Waals surface area contributed by atoms with Gasteiger partial charge in [-0.25, -0.2) is 9.37 Å². The summed E-state index contributed by atoms with van der Waals surface area (Å²) < 4.78 is 21.1. The molecule has 166 valence electrons. The summed E-state index contributed by atoms with van der Waals surface area (Å²) >= 11 is 0. The van der Waals surface area contributed by atoms with Crippen LogP contribution in [-0.2, 0) is 24.3 Å². The Kier molecular flexibility index (Phi) is 7.66. The van der Waals surface area contributed by atoms with Gasteiger partial charge < -0.3 is 14.2 Å². The van der Waals surface area contributed by atoms with Gasteiger partial charge in [0.05, 0.1) is 31.1 Å². The van der Waals surface area contributed by atoms with Gasteiger partial charge in [-0.3, -0.25) is 4.79 Å². The third-order valence-corrected chi connectivity index (χ3v) is 5.39. The van der Waals surface area contributed by atoms with Crippen LogP contribution < -0.4 is 4.74 Å². The van der Waals surface area contributed by atoms with Crippen LogP contribution in [0, 0.1) is 11.7 Å². The zero-order valence-electron chi connectivity index (χ0n) is 18.9. The molecule has 3 aromatic rings. The van der Waals surface area contributed by atoms with E-state index in [-0.39, 0.29) is 11.7 Å². The molecule has 0 saturated heterocycles. The van der Waals surface area contributed by atoms with Crippen molar-refractivity contribution < 1.29 is 13.9 Å². The summed E-state index contributed by atoms with van der Waals surface area (Å²) in [5, 5.41) is 0. The number of ether oxygens (including phenoxy) is 1. The number of aryl methyl sites for hydroxylation is 1. The van der Waals surface area contributed by atoms with E-state index in [0.717, 1.165) is 42.0 Å². The van der Waals surface area contributed by atoms with Crippen molar-refractivity contribution in [3.8, 4) is 5.75 Å². The fourth-order valence-electron chi connectivity index (χ4n) is 3.69. The fourth-order valence-corrected chi connectivity index (χ4v) is 3.69. The number of benzene rings is 2. The minimum absolute atomic E-state index is 0.0511. The SMILES string of the molecule is CCCn1c(CN(CCC(C)C)C(=O)Cc2cccc(OC)c2)nc2cc(F)ccc21. The summed E-state index contributed by atoms with van der Waals surface area (Å²) in [4.78, 5) is 19.8. The van der Waals surface area contributed by atoms with Gasteiger partial charge in [-0.15, -0.1) is 0 Å². The van der Waals surface area contributed by atoms with Crippen LogP contribution in [0.25, 0.3) is 11.0 Å². The Labute approximate surface area is 183 Å². The van der Waals surface area contributed by atoms with Crippen LogP contribution in [-0.4, -0.2) is 34.0 Å². The van der Waals surface area contributed by atoms with Gasteiger partial charge in [0.15, 0.2) is 0 Å². The van der Waals surface area contributed by atoms with Crippen molar-refractivity contribution in [1.82, 2.24) is 14.5 Å². The van der Waals surface area contributed by atoms with E-state index < -0.39 is 0 Å². The highest BCUT2D eigenvalue weighted by molar-refractivity contribution is 5.79. The zero-order valence-corrected chi connectivity index (χ0v) is 18.9. The maximum absolute atomic E-state index is 13.7. The first-order valence-corrected chi connectivity index (χ1v) is 11.0. The lowest BCUT2D eigenvalue weighted by Gasteiger charge is -2.24. The number of carbonyl (C=O) groups excluding carboxylic acids is 1. The molecular weight excluding hydrogens is 393 g/mol. The van der Waals surface area contributed by atoms with Crippen molar-refractivity contribution in [1.29, 1.82) is 0 Å². The number of carbonyl (C=O) groups is 1. The highest BCUT2D eigenvalue weighted by Crippen LogP contribution is 2.21. The second kappa shape index (κ2) is 10.4. The summed E-state index contributed by atoms with van der Waals surface area (Å²) in [5.74, 6) is 1.77. The molecule has 0 bridgehead atoms. The molecule has 3 rings (SSSR count). The Hall–Kier alpha value is -2.89. The summed E-state index contributed by atoms with van der Waals surface area (Å²) in [6, 6.07) is 12.3. The van der Waals surface area contributed by atoms with Crippen molar-refractivity contribution in [2.75, 3.05) is 13.7 Å². The van der Waals surface area contributed by atoms with Crippen LogP contribution in [0.1, 0.15) is 45.0 Å². The van der Waals surface area contributed by atoms with E-state index in [1.807, 2.05) is 29.2 Å². The molecule has 0 atom stereocenters. The van der Waals surface area contributed by atoms with Gasteiger partial charge in [0.2, 0.25) is 5.91 Å². The Morgan fingerprint density at radius 1 is 1.23 bits per heavy atom. The molecule has 0 radical (unpaired) electrons. The van der Waals surface area contributed by atoms with E-state index in [2.05, 4.69) is 30.3 Å². The third kappa shape index (κ3) is 5.84. The number of halogens is 1. The lowest BCUT2D eigenvalue weighted by Crippen LogP contribution is -2.34. The van der Waals surface area contributed by atoms with Crippen LogP contribution in [0.5, 0.6) is 5.75 Å². The van der Waals surface area contributed by atoms with E-state index in [4.69, 9.17) is 4.74 Å². The number of rotatable bonds is 10. The van der Waals surface area contributed by atoms with E-state index in [0.29, 0.717) is 30.9 Å². The lowest BCUT2D eigenvalue weighted by atomic mass is 10.1. The quantitative estimate of drug-likeness (QED) is 0.448. The van der Waals surface area contributed by atoms with Crippen molar-refractivity contribution >= 4 is 16.9 Å². The van der Waals surface area contributed by atoms with Gasteiger partial charge in [0.1, 0.15) is 17.4 Å². The number of methoxy groups -OCH3 is 1. The Morgan fingerprint density at radius 2 is 2.03 bits per heavy atom. The first kappa shape index (κ1) is 22.8. The third-order valence-electron chi connectivity index (χ3n) is 5.39. The van der Waals surface area contributed by atoms with Gasteiger partial charge in [0.25, 0.3) is 0 Å². The molecule has 6 heteroatoms. The van der Waals surface area contributed by atoms with Crippen molar-refractivity contribution in [3.63, 3.8) is 0 Å². The van der Waals surface area contributed by atoms with Crippen molar-refractivity contribution in [2.24, 2.45) is 5.92 Å². The average molecular weight is 426 g/mol. The molecule has 5 nitrogen and oxygen atoms in total. The molecule has 0 aliphatic heterocycles. The van der Waals surface area contributed by atoms with Crippen LogP contribution in [0.2, 0.25) is 0 Å². The minimum atomic E-state index is -0.300. The summed E-state index contributed by atoms with van der Waals surface area (Å²) in [7, 11) is 1.62. The standard InChI is InChI=1S/C25H32FN3O2/c1-5-12-29-23-10-9-20(26)16-22(23)27-24(29)17-28(13-11-18(2)3)25(30)15-19-7-6-8-21(14-19)31-4/h6-10,14,16,18H,5,11-13,15,17H2,1-4H3. The second-order valence-corrected chi connectivity index (χ2v) is 8.34. The largest absolute Gasteiger partial charge is 0.497 e. The van der Waals surface area contributed by atoms with Gasteiger partial charge in [-0.1, -0.05) is 32.9 Å². The van der Waals surface area contributed by atoms with E-state index in [1.165, 1.54) is 12.1 Å². The molecule has 0 saturated carbocycles.